The molecule has 0 radical (unpaired) electrons. The van der Waals surface area contributed by atoms with Gasteiger partial charge in [0.1, 0.15) is 0 Å². The SMILES string of the molecule is CCCc1cccc(C2(O)CCNCC2C)c1. The number of nitrogens with one attached hydrogen (secondary N) is 1. The molecule has 0 saturated carbocycles. The highest BCUT2D eigenvalue weighted by Gasteiger charge is 2.37. The van der Waals surface area contributed by atoms with Crippen LogP contribution in [0.4, 0.5) is 0 Å². The van der Waals surface area contributed by atoms with Crippen molar-refractivity contribution in [3.63, 3.8) is 0 Å². The van der Waals surface area contributed by atoms with Crippen molar-refractivity contribution in [3.8, 4) is 0 Å². The van der Waals surface area contributed by atoms with Crippen molar-refractivity contribution in [2.75, 3.05) is 13.1 Å². The zero-order valence-corrected chi connectivity index (χ0v) is 10.9. The number of aryl methyl sites for hydroxylation is 1. The van der Waals surface area contributed by atoms with Gasteiger partial charge in [0, 0.05) is 12.5 Å². The van der Waals surface area contributed by atoms with Crippen molar-refractivity contribution in [1.82, 2.24) is 5.32 Å². The Labute approximate surface area is 104 Å². The topological polar surface area (TPSA) is 32.3 Å². The largest absolute Gasteiger partial charge is 0.385 e. The van der Waals surface area contributed by atoms with E-state index >= 15 is 0 Å². The van der Waals surface area contributed by atoms with Crippen LogP contribution in [0.2, 0.25) is 0 Å². The first-order chi connectivity index (χ1) is 8.16. The third-order valence-electron chi connectivity index (χ3n) is 3.91. The average molecular weight is 233 g/mol. The number of benzene rings is 1. The van der Waals surface area contributed by atoms with Crippen LogP contribution in [0, 0.1) is 5.92 Å². The molecule has 17 heavy (non-hydrogen) atoms. The zero-order chi connectivity index (χ0) is 12.3. The Bertz CT molecular complexity index is 377. The van der Waals surface area contributed by atoms with Gasteiger partial charge in [-0.15, -0.1) is 0 Å². The van der Waals surface area contributed by atoms with Gasteiger partial charge in [-0.1, -0.05) is 44.5 Å². The third kappa shape index (κ3) is 2.53. The van der Waals surface area contributed by atoms with Crippen molar-refractivity contribution in [2.45, 2.75) is 38.7 Å². The van der Waals surface area contributed by atoms with Gasteiger partial charge >= 0.3 is 0 Å². The summed E-state index contributed by atoms with van der Waals surface area (Å²) in [6.07, 6.45) is 3.05. The molecule has 94 valence electrons. The predicted octanol–water partition coefficient (Wildman–Crippen LogP) is 2.46. The van der Waals surface area contributed by atoms with Crippen LogP contribution in [0.1, 0.15) is 37.8 Å². The third-order valence-corrected chi connectivity index (χ3v) is 3.91. The van der Waals surface area contributed by atoms with Crippen LogP contribution in [0.15, 0.2) is 24.3 Å². The van der Waals surface area contributed by atoms with Crippen molar-refractivity contribution in [3.05, 3.63) is 35.4 Å². The van der Waals surface area contributed by atoms with E-state index in [0.717, 1.165) is 37.9 Å². The molecule has 0 amide bonds. The molecule has 1 aromatic rings. The fourth-order valence-electron chi connectivity index (χ4n) is 2.73. The van der Waals surface area contributed by atoms with Gasteiger partial charge in [-0.2, -0.15) is 0 Å². The molecular formula is C15H23NO. The fraction of sp³-hybridized carbons (Fsp3) is 0.600. The van der Waals surface area contributed by atoms with Crippen molar-refractivity contribution in [1.29, 1.82) is 0 Å². The first-order valence-corrected chi connectivity index (χ1v) is 6.69. The van der Waals surface area contributed by atoms with Crippen LogP contribution in [-0.2, 0) is 12.0 Å². The zero-order valence-electron chi connectivity index (χ0n) is 10.9. The van der Waals surface area contributed by atoms with E-state index in [4.69, 9.17) is 0 Å². The monoisotopic (exact) mass is 233 g/mol. The summed E-state index contributed by atoms with van der Waals surface area (Å²) < 4.78 is 0. The molecule has 2 N–H and O–H groups in total. The molecule has 2 rings (SSSR count). The lowest BCUT2D eigenvalue weighted by Gasteiger charge is -2.39. The van der Waals surface area contributed by atoms with E-state index in [9.17, 15) is 5.11 Å². The normalized spacial score (nSPS) is 29.2. The number of hydrogen-bond acceptors (Lipinski definition) is 2. The highest BCUT2D eigenvalue weighted by atomic mass is 16.3. The maximum absolute atomic E-state index is 10.9. The van der Waals surface area contributed by atoms with Gasteiger partial charge in [0.25, 0.3) is 0 Å². The molecule has 1 saturated heterocycles. The predicted molar refractivity (Wildman–Crippen MR) is 71.0 cm³/mol. The quantitative estimate of drug-likeness (QED) is 0.840. The second kappa shape index (κ2) is 5.19. The van der Waals surface area contributed by atoms with Gasteiger partial charge in [-0.05, 0) is 30.5 Å². The van der Waals surface area contributed by atoms with Gasteiger partial charge < -0.3 is 10.4 Å². The Hall–Kier alpha value is -0.860. The lowest BCUT2D eigenvalue weighted by molar-refractivity contribution is -0.0392. The molecule has 2 nitrogen and oxygen atoms in total. The maximum atomic E-state index is 10.9. The van der Waals surface area contributed by atoms with Crippen LogP contribution in [0.25, 0.3) is 0 Å². The Kier molecular flexibility index (Phi) is 3.85. The van der Waals surface area contributed by atoms with E-state index in [-0.39, 0.29) is 5.92 Å². The van der Waals surface area contributed by atoms with Crippen molar-refractivity contribution in [2.24, 2.45) is 5.92 Å². The van der Waals surface area contributed by atoms with Gasteiger partial charge in [0.2, 0.25) is 0 Å². The molecule has 1 aromatic carbocycles. The van der Waals surface area contributed by atoms with Crippen molar-refractivity contribution >= 4 is 0 Å². The van der Waals surface area contributed by atoms with Gasteiger partial charge in [-0.3, -0.25) is 0 Å². The Morgan fingerprint density at radius 1 is 1.47 bits per heavy atom. The maximum Gasteiger partial charge on any atom is 0.0946 e. The number of rotatable bonds is 3. The molecule has 0 aromatic heterocycles. The van der Waals surface area contributed by atoms with E-state index in [1.165, 1.54) is 5.56 Å². The summed E-state index contributed by atoms with van der Waals surface area (Å²) in [6, 6.07) is 8.49. The molecule has 0 aliphatic carbocycles. The Morgan fingerprint density at radius 2 is 2.29 bits per heavy atom. The molecular weight excluding hydrogens is 210 g/mol. The smallest absolute Gasteiger partial charge is 0.0946 e. The highest BCUT2D eigenvalue weighted by Crippen LogP contribution is 2.35. The molecule has 1 heterocycles. The minimum atomic E-state index is -0.644. The van der Waals surface area contributed by atoms with E-state index in [2.05, 4.69) is 43.4 Å². The molecule has 2 heteroatoms. The van der Waals surface area contributed by atoms with Crippen LogP contribution in [0.3, 0.4) is 0 Å². The van der Waals surface area contributed by atoms with E-state index < -0.39 is 5.60 Å². The molecule has 2 unspecified atom stereocenters. The van der Waals surface area contributed by atoms with E-state index in [0.29, 0.717) is 0 Å². The molecule has 0 bridgehead atoms. The van der Waals surface area contributed by atoms with Crippen LogP contribution < -0.4 is 5.32 Å². The fourth-order valence-corrected chi connectivity index (χ4v) is 2.73. The van der Waals surface area contributed by atoms with Crippen LogP contribution in [0.5, 0.6) is 0 Å². The van der Waals surface area contributed by atoms with E-state index in [1.807, 2.05) is 0 Å². The number of hydrogen-bond donors (Lipinski definition) is 2. The molecule has 1 aliphatic heterocycles. The standard InChI is InChI=1S/C15H23NO/c1-3-5-13-6-4-7-14(10-13)15(17)8-9-16-11-12(15)2/h4,6-7,10,12,16-17H,3,5,8-9,11H2,1-2H3. The average Bonchev–Trinajstić information content (AvgIpc) is 2.34. The summed E-state index contributed by atoms with van der Waals surface area (Å²) in [6.45, 7) is 6.11. The van der Waals surface area contributed by atoms with Crippen molar-refractivity contribution < 1.29 is 5.11 Å². The second-order valence-electron chi connectivity index (χ2n) is 5.23. The molecule has 0 spiro atoms. The molecule has 1 fully saturated rings. The van der Waals surface area contributed by atoms with E-state index in [1.54, 1.807) is 0 Å². The first-order valence-electron chi connectivity index (χ1n) is 6.69. The van der Waals surface area contributed by atoms with Gasteiger partial charge in [0.05, 0.1) is 5.60 Å². The summed E-state index contributed by atoms with van der Waals surface area (Å²) in [5, 5.41) is 14.2. The lowest BCUT2D eigenvalue weighted by Crippen LogP contribution is -2.46. The Morgan fingerprint density at radius 3 is 3.00 bits per heavy atom. The number of aliphatic hydroxyl groups is 1. The number of piperidine rings is 1. The summed E-state index contributed by atoms with van der Waals surface area (Å²) >= 11 is 0. The second-order valence-corrected chi connectivity index (χ2v) is 5.23. The molecule has 1 aliphatic rings. The molecule has 2 atom stereocenters. The summed E-state index contributed by atoms with van der Waals surface area (Å²) in [4.78, 5) is 0. The first kappa shape index (κ1) is 12.6. The summed E-state index contributed by atoms with van der Waals surface area (Å²) in [5.74, 6) is 0.271. The summed E-state index contributed by atoms with van der Waals surface area (Å²) in [7, 11) is 0. The minimum absolute atomic E-state index is 0.271. The van der Waals surface area contributed by atoms with Crippen LogP contribution >= 0.6 is 0 Å². The summed E-state index contributed by atoms with van der Waals surface area (Å²) in [5.41, 5.74) is 1.79. The Balaban J connectivity index is 2.28. The van der Waals surface area contributed by atoms with Crippen LogP contribution in [-0.4, -0.2) is 18.2 Å². The van der Waals surface area contributed by atoms with Gasteiger partial charge in [-0.25, -0.2) is 0 Å². The van der Waals surface area contributed by atoms with Gasteiger partial charge in [0.15, 0.2) is 0 Å². The highest BCUT2D eigenvalue weighted by molar-refractivity contribution is 5.29. The minimum Gasteiger partial charge on any atom is -0.385 e. The lowest BCUT2D eigenvalue weighted by atomic mass is 9.77.